The van der Waals surface area contributed by atoms with Gasteiger partial charge in [0.05, 0.1) is 5.92 Å². The van der Waals surface area contributed by atoms with Crippen molar-refractivity contribution in [3.63, 3.8) is 0 Å². The van der Waals surface area contributed by atoms with Crippen molar-refractivity contribution in [3.8, 4) is 0 Å². The molecule has 0 aliphatic heterocycles. The maximum absolute atomic E-state index is 11.9. The Morgan fingerprint density at radius 3 is 2.59 bits per heavy atom. The Morgan fingerprint density at radius 1 is 1.41 bits per heavy atom. The minimum atomic E-state index is -0.429. The molecule has 0 aliphatic rings. The van der Waals surface area contributed by atoms with Crippen LogP contribution in [-0.2, 0) is 16.7 Å². The van der Waals surface area contributed by atoms with Crippen LogP contribution >= 0.6 is 0 Å². The molecule has 5 nitrogen and oxygen atoms in total. The van der Waals surface area contributed by atoms with Crippen molar-refractivity contribution in [2.24, 2.45) is 13.0 Å². The summed E-state index contributed by atoms with van der Waals surface area (Å²) >= 11 is 0. The Labute approximate surface area is 101 Å². The van der Waals surface area contributed by atoms with Gasteiger partial charge in [0, 0.05) is 13.1 Å². The lowest BCUT2D eigenvalue weighted by Gasteiger charge is -2.16. The maximum Gasteiger partial charge on any atom is 0.335 e. The third-order valence-corrected chi connectivity index (χ3v) is 2.17. The summed E-state index contributed by atoms with van der Waals surface area (Å²) in [4.78, 5) is 28.1. The molecule has 0 saturated carbocycles. The fourth-order valence-corrected chi connectivity index (χ4v) is 1.18. The first-order valence-corrected chi connectivity index (χ1v) is 5.37. The van der Waals surface area contributed by atoms with Gasteiger partial charge in [-0.25, -0.2) is 9.36 Å². The molecule has 0 fully saturated rings. The second-order valence-corrected chi connectivity index (χ2v) is 4.13. The lowest BCUT2D eigenvalue weighted by molar-refractivity contribution is -0.671. The van der Waals surface area contributed by atoms with Crippen LogP contribution < -0.4 is 4.57 Å². The van der Waals surface area contributed by atoms with Crippen molar-refractivity contribution >= 4 is 11.9 Å². The van der Waals surface area contributed by atoms with E-state index in [2.05, 4.69) is 0 Å². The van der Waals surface area contributed by atoms with Crippen molar-refractivity contribution in [2.45, 2.75) is 13.8 Å². The molecule has 0 N–H and O–H groups in total. The van der Waals surface area contributed by atoms with E-state index in [0.717, 1.165) is 5.06 Å². The molecule has 0 unspecified atom stereocenters. The number of pyridine rings is 1. The summed E-state index contributed by atoms with van der Waals surface area (Å²) in [7, 11) is 3.24. The van der Waals surface area contributed by atoms with Gasteiger partial charge >= 0.3 is 5.97 Å². The van der Waals surface area contributed by atoms with Crippen LogP contribution in [0.15, 0.2) is 24.5 Å². The molecule has 1 rings (SSSR count). The number of carbonyl (C=O) groups is 2. The molecule has 1 aromatic rings. The second-order valence-electron chi connectivity index (χ2n) is 4.13. The van der Waals surface area contributed by atoms with Gasteiger partial charge in [-0.1, -0.05) is 13.8 Å². The van der Waals surface area contributed by atoms with Gasteiger partial charge in [0.1, 0.15) is 12.6 Å². The quantitative estimate of drug-likeness (QED) is 0.562. The predicted octanol–water partition coefficient (Wildman–Crippen LogP) is 0.697. The summed E-state index contributed by atoms with van der Waals surface area (Å²) in [6.07, 6.45) is 3.49. The van der Waals surface area contributed by atoms with Crippen LogP contribution in [0.5, 0.6) is 0 Å². The molecule has 0 radical (unpaired) electrons. The smallest absolute Gasteiger partial charge is 0.335 e. The summed E-state index contributed by atoms with van der Waals surface area (Å²) < 4.78 is 1.76. The van der Waals surface area contributed by atoms with E-state index in [1.165, 1.54) is 7.05 Å². The van der Waals surface area contributed by atoms with Gasteiger partial charge in [-0.15, -0.1) is 0 Å². The average Bonchev–Trinajstić information content (AvgIpc) is 2.27. The van der Waals surface area contributed by atoms with E-state index in [4.69, 9.17) is 4.84 Å². The number of aryl methyl sites for hydroxylation is 1. The fraction of sp³-hybridized carbons (Fsp3) is 0.417. The lowest BCUT2D eigenvalue weighted by Crippen LogP contribution is -2.34. The van der Waals surface area contributed by atoms with E-state index >= 15 is 0 Å². The van der Waals surface area contributed by atoms with Crippen LogP contribution in [0.3, 0.4) is 0 Å². The topological polar surface area (TPSA) is 50.5 Å². The van der Waals surface area contributed by atoms with Gasteiger partial charge < -0.3 is 4.84 Å². The van der Waals surface area contributed by atoms with Crippen LogP contribution in [0.1, 0.15) is 24.2 Å². The van der Waals surface area contributed by atoms with Crippen molar-refractivity contribution in [2.75, 3.05) is 7.05 Å². The second kappa shape index (κ2) is 5.43. The molecular formula is C12H17N2O3+. The first-order chi connectivity index (χ1) is 7.91. The monoisotopic (exact) mass is 237 g/mol. The van der Waals surface area contributed by atoms with Gasteiger partial charge in [0.2, 0.25) is 0 Å². The standard InChI is InChI=1S/C12H17N2O3/c1-9(2)12(16)17-14(4)11(15)10-6-5-7-13(3)8-10/h5-9H,1-4H3/q+1. The molecule has 0 bridgehead atoms. The highest BCUT2D eigenvalue weighted by atomic mass is 16.7. The van der Waals surface area contributed by atoms with Crippen molar-refractivity contribution in [1.29, 1.82) is 0 Å². The number of carbonyl (C=O) groups excluding carboxylic acids is 2. The molecule has 0 atom stereocenters. The zero-order valence-corrected chi connectivity index (χ0v) is 10.5. The summed E-state index contributed by atoms with van der Waals surface area (Å²) in [6.45, 7) is 3.42. The van der Waals surface area contributed by atoms with E-state index in [1.807, 2.05) is 13.2 Å². The molecule has 17 heavy (non-hydrogen) atoms. The van der Waals surface area contributed by atoms with E-state index in [0.29, 0.717) is 5.56 Å². The van der Waals surface area contributed by atoms with Gasteiger partial charge in [-0.2, -0.15) is 5.06 Å². The fourth-order valence-electron chi connectivity index (χ4n) is 1.18. The van der Waals surface area contributed by atoms with E-state index in [1.54, 1.807) is 36.7 Å². The third-order valence-electron chi connectivity index (χ3n) is 2.17. The highest BCUT2D eigenvalue weighted by Crippen LogP contribution is 2.04. The average molecular weight is 237 g/mol. The Kier molecular flexibility index (Phi) is 4.20. The molecule has 1 amide bonds. The molecule has 5 heteroatoms. The minimum Gasteiger partial charge on any atom is -0.338 e. The van der Waals surface area contributed by atoms with Gasteiger partial charge in [0.25, 0.3) is 5.91 Å². The first-order valence-electron chi connectivity index (χ1n) is 5.37. The molecule has 0 saturated heterocycles. The van der Waals surface area contributed by atoms with Crippen molar-refractivity contribution < 1.29 is 19.0 Å². The van der Waals surface area contributed by atoms with Gasteiger partial charge in [-0.05, 0) is 6.07 Å². The lowest BCUT2D eigenvalue weighted by atomic mass is 10.2. The molecule has 92 valence electrons. The Bertz CT molecular complexity index is 430. The normalized spacial score (nSPS) is 10.2. The number of hydrogen-bond acceptors (Lipinski definition) is 3. The number of rotatable bonds is 2. The molecule has 0 spiro atoms. The van der Waals surface area contributed by atoms with Gasteiger partial charge in [0.15, 0.2) is 12.4 Å². The highest BCUT2D eigenvalue weighted by molar-refractivity contribution is 5.93. The Balaban J connectivity index is 2.73. The Hall–Kier alpha value is -1.91. The molecule has 0 aromatic carbocycles. The summed E-state index contributed by atoms with van der Waals surface area (Å²) in [5.41, 5.74) is 0.467. The summed E-state index contributed by atoms with van der Waals surface area (Å²) in [5.74, 6) is -1.05. The van der Waals surface area contributed by atoms with Crippen LogP contribution in [0, 0.1) is 5.92 Å². The number of nitrogens with zero attached hydrogens (tertiary/aromatic N) is 2. The maximum atomic E-state index is 11.9. The van der Waals surface area contributed by atoms with Crippen LogP contribution in [0.4, 0.5) is 0 Å². The number of hydroxylamine groups is 2. The molecule has 1 heterocycles. The van der Waals surface area contributed by atoms with E-state index < -0.39 is 5.97 Å². The van der Waals surface area contributed by atoms with E-state index in [-0.39, 0.29) is 11.8 Å². The van der Waals surface area contributed by atoms with Crippen molar-refractivity contribution in [3.05, 3.63) is 30.1 Å². The van der Waals surface area contributed by atoms with Crippen molar-refractivity contribution in [1.82, 2.24) is 5.06 Å². The minimum absolute atomic E-state index is 0.267. The number of hydrogen-bond donors (Lipinski definition) is 0. The van der Waals surface area contributed by atoms with Crippen LogP contribution in [0.2, 0.25) is 0 Å². The van der Waals surface area contributed by atoms with Crippen LogP contribution in [0.25, 0.3) is 0 Å². The molecule has 1 aromatic heterocycles. The zero-order valence-electron chi connectivity index (χ0n) is 10.5. The van der Waals surface area contributed by atoms with Gasteiger partial charge in [-0.3, -0.25) is 4.79 Å². The highest BCUT2D eigenvalue weighted by Gasteiger charge is 2.19. The summed E-state index contributed by atoms with van der Waals surface area (Å²) in [5, 5.41) is 0.956. The largest absolute Gasteiger partial charge is 0.338 e. The predicted molar refractivity (Wildman–Crippen MR) is 60.6 cm³/mol. The Morgan fingerprint density at radius 2 is 2.06 bits per heavy atom. The zero-order chi connectivity index (χ0) is 13.0. The van der Waals surface area contributed by atoms with Crippen LogP contribution in [-0.4, -0.2) is 24.0 Å². The molecule has 0 aliphatic carbocycles. The van der Waals surface area contributed by atoms with E-state index in [9.17, 15) is 9.59 Å². The number of aromatic nitrogens is 1. The third kappa shape index (κ3) is 3.55. The number of amides is 1. The first kappa shape index (κ1) is 13.2. The summed E-state index contributed by atoms with van der Waals surface area (Å²) in [6, 6.07) is 3.42. The SMILES string of the molecule is CC(C)C(=O)ON(C)C(=O)c1ccc[n+](C)c1. The molecular weight excluding hydrogens is 220 g/mol.